The molecule has 0 saturated carbocycles. The number of nitrogens with zero attached hydrogens (tertiary/aromatic N) is 10. The molecule has 4 N–H and O–H groups in total. The minimum Gasteiger partial charge on any atom is -0.508 e. The number of hydrogen-bond donors (Lipinski definition) is 4. The van der Waals surface area contributed by atoms with E-state index in [4.69, 9.17) is 9.97 Å². The lowest BCUT2D eigenvalue weighted by molar-refractivity contribution is -0.131. The first-order valence-corrected chi connectivity index (χ1v) is 22.8. The number of fused-ring (bicyclic) bond motifs is 2. The number of anilines is 4. The van der Waals surface area contributed by atoms with Crippen LogP contribution in [-0.2, 0) is 22.6 Å². The van der Waals surface area contributed by atoms with E-state index in [1.54, 1.807) is 11.0 Å². The molecule has 2 saturated heterocycles. The maximum Gasteiger partial charge on any atom is 0.348 e. The van der Waals surface area contributed by atoms with Crippen molar-refractivity contribution in [1.82, 2.24) is 34.5 Å². The average Bonchev–Trinajstić information content (AvgIpc) is 3.73. The number of H-pyrrole nitrogens is 1. The summed E-state index contributed by atoms with van der Waals surface area (Å²) in [6.07, 6.45) is 2.46. The first-order chi connectivity index (χ1) is 32.5. The second-order valence-corrected chi connectivity index (χ2v) is 17.5. The summed E-state index contributed by atoms with van der Waals surface area (Å²) in [7, 11) is 0. The molecule has 0 bridgehead atoms. The van der Waals surface area contributed by atoms with Crippen LogP contribution in [0, 0.1) is 11.3 Å². The summed E-state index contributed by atoms with van der Waals surface area (Å²) in [5, 5.41) is 43.2. The molecule has 0 unspecified atom stereocenters. The second kappa shape index (κ2) is 18.9. The summed E-state index contributed by atoms with van der Waals surface area (Å²) in [6.45, 7) is 13.0. The predicted molar refractivity (Wildman–Crippen MR) is 258 cm³/mol. The van der Waals surface area contributed by atoms with E-state index in [9.17, 15) is 29.9 Å². The highest BCUT2D eigenvalue weighted by Crippen LogP contribution is 2.38. The van der Waals surface area contributed by atoms with Gasteiger partial charge in [0.05, 0.1) is 42.0 Å². The van der Waals surface area contributed by atoms with Gasteiger partial charge in [-0.15, -0.1) is 0 Å². The van der Waals surface area contributed by atoms with Crippen molar-refractivity contribution in [3.05, 3.63) is 119 Å². The summed E-state index contributed by atoms with van der Waals surface area (Å²) in [4.78, 5) is 59.8. The van der Waals surface area contributed by atoms with Crippen LogP contribution in [0.25, 0.3) is 27.8 Å². The van der Waals surface area contributed by atoms with Gasteiger partial charge in [-0.2, -0.15) is 15.3 Å². The molecule has 6 aromatic rings. The molecule has 2 fully saturated rings. The maximum atomic E-state index is 13.6. The Balaban J connectivity index is 0.862. The standard InChI is InChI=1S/C50H54N12O5/c1-4-45(65)61-27-26-60(30-36(61)16-19-51)47-38-18-21-59(42-11-7-9-33-8-5-6-10-37(33)42)31-41(38)53-49(54-47)52-20-17-46(66)58-24-22-57(23-25-58)34-12-14-35(15-13-34)62-48(55-56-50(62)67)40-28-39(32(2)3)43(63)29-44(40)64/h4-15,28-29,32,36,63-64H,1,16-18,20-27,30-31H2,2-3H3,(H,56,67)(H,52,53,54)/t36-/m1/s1. The number of phenols is 2. The van der Waals surface area contributed by atoms with Gasteiger partial charge in [0.25, 0.3) is 0 Å². The highest BCUT2D eigenvalue weighted by molar-refractivity contribution is 5.94. The Kier molecular flexibility index (Phi) is 12.5. The van der Waals surface area contributed by atoms with Crippen molar-refractivity contribution in [1.29, 1.82) is 5.26 Å². The minimum atomic E-state index is -0.466. The molecule has 17 heteroatoms. The van der Waals surface area contributed by atoms with E-state index < -0.39 is 5.69 Å². The van der Waals surface area contributed by atoms with Crippen molar-refractivity contribution in [3.63, 3.8) is 0 Å². The van der Waals surface area contributed by atoms with Crippen molar-refractivity contribution < 1.29 is 19.8 Å². The molecule has 67 heavy (non-hydrogen) atoms. The SMILES string of the molecule is C=CC(=O)N1CCN(c2nc(NCCC(=O)N3CCN(c4ccc(-n5c(-c6cc(C(C)C)c(O)cc6O)n[nH]c5=O)cc4)CC3)nc3c2CCN(c2cccc4ccccc24)C3)C[C@H]1CC#N. The maximum absolute atomic E-state index is 13.6. The quantitative estimate of drug-likeness (QED) is 0.112. The van der Waals surface area contributed by atoms with Gasteiger partial charge in [-0.1, -0.05) is 56.8 Å². The summed E-state index contributed by atoms with van der Waals surface area (Å²) in [5.41, 5.74) is 5.07. The number of nitrogens with one attached hydrogen (secondary N) is 2. The van der Waals surface area contributed by atoms with Crippen molar-refractivity contribution in [2.24, 2.45) is 0 Å². The van der Waals surface area contributed by atoms with Gasteiger partial charge in [-0.05, 0) is 65.8 Å². The van der Waals surface area contributed by atoms with Gasteiger partial charge in [0.15, 0.2) is 5.82 Å². The predicted octanol–water partition coefficient (Wildman–Crippen LogP) is 5.54. The lowest BCUT2D eigenvalue weighted by Crippen LogP contribution is -2.55. The van der Waals surface area contributed by atoms with E-state index in [1.165, 1.54) is 27.5 Å². The van der Waals surface area contributed by atoms with Crippen molar-refractivity contribution in [2.45, 2.75) is 51.6 Å². The Morgan fingerprint density at radius 2 is 1.66 bits per heavy atom. The fourth-order valence-corrected chi connectivity index (χ4v) is 9.59. The van der Waals surface area contributed by atoms with Crippen LogP contribution in [0.15, 0.2) is 96.3 Å². The third-order valence-electron chi connectivity index (χ3n) is 13.1. The van der Waals surface area contributed by atoms with Gasteiger partial charge in [0.2, 0.25) is 17.8 Å². The number of aromatic hydroxyl groups is 2. The zero-order valence-electron chi connectivity index (χ0n) is 37.7. The molecule has 0 radical (unpaired) electrons. The number of rotatable bonds is 12. The van der Waals surface area contributed by atoms with Gasteiger partial charge >= 0.3 is 5.69 Å². The Hall–Kier alpha value is -7.87. The minimum absolute atomic E-state index is 0.0229. The summed E-state index contributed by atoms with van der Waals surface area (Å²) in [6, 6.07) is 27.1. The van der Waals surface area contributed by atoms with Gasteiger partial charge in [-0.25, -0.2) is 19.4 Å². The number of carbonyl (C=O) groups excluding carboxylic acids is 2. The number of piperazine rings is 2. The largest absolute Gasteiger partial charge is 0.508 e. The van der Waals surface area contributed by atoms with Crippen molar-refractivity contribution >= 4 is 45.7 Å². The molecule has 344 valence electrons. The molecule has 0 spiro atoms. The molecule has 17 nitrogen and oxygen atoms in total. The van der Waals surface area contributed by atoms with Crippen LogP contribution in [0.5, 0.6) is 11.5 Å². The number of aromatic nitrogens is 5. The molecular formula is C50H54N12O5. The van der Waals surface area contributed by atoms with E-state index in [-0.39, 0.29) is 53.9 Å². The number of aromatic amines is 1. The Morgan fingerprint density at radius 3 is 2.42 bits per heavy atom. The van der Waals surface area contributed by atoms with Gasteiger partial charge in [-0.3, -0.25) is 9.59 Å². The summed E-state index contributed by atoms with van der Waals surface area (Å²) in [5.74, 6) is 1.05. The molecule has 3 aliphatic heterocycles. The summed E-state index contributed by atoms with van der Waals surface area (Å²) >= 11 is 0. The van der Waals surface area contributed by atoms with Crippen molar-refractivity contribution in [2.75, 3.05) is 78.9 Å². The van der Waals surface area contributed by atoms with Gasteiger partial charge in [0, 0.05) is 93.7 Å². The zero-order valence-corrected chi connectivity index (χ0v) is 37.7. The molecule has 9 rings (SSSR count). The second-order valence-electron chi connectivity index (χ2n) is 17.5. The van der Waals surface area contributed by atoms with Crippen LogP contribution >= 0.6 is 0 Å². The molecule has 1 atom stereocenters. The monoisotopic (exact) mass is 902 g/mol. The number of benzene rings is 4. The Morgan fingerprint density at radius 1 is 0.910 bits per heavy atom. The fraction of sp³-hybridized carbons (Fsp3) is 0.340. The first-order valence-electron chi connectivity index (χ1n) is 22.8. The van der Waals surface area contributed by atoms with Crippen LogP contribution < -0.4 is 25.7 Å². The zero-order chi connectivity index (χ0) is 46.8. The fourth-order valence-electron chi connectivity index (χ4n) is 9.59. The Bertz CT molecular complexity index is 2930. The Labute approximate surface area is 388 Å². The smallest absolute Gasteiger partial charge is 0.348 e. The average molecular weight is 903 g/mol. The third-order valence-corrected chi connectivity index (χ3v) is 13.1. The van der Waals surface area contributed by atoms with Gasteiger partial charge < -0.3 is 40.0 Å². The van der Waals surface area contributed by atoms with Crippen LogP contribution in [-0.4, -0.2) is 122 Å². The molecule has 3 aliphatic rings. The highest BCUT2D eigenvalue weighted by Gasteiger charge is 2.33. The van der Waals surface area contributed by atoms with Crippen molar-refractivity contribution in [3.8, 4) is 34.6 Å². The highest BCUT2D eigenvalue weighted by atomic mass is 16.3. The normalized spacial score (nSPS) is 16.3. The number of amides is 2. The number of carbonyl (C=O) groups is 2. The molecule has 2 aromatic heterocycles. The van der Waals surface area contributed by atoms with E-state index in [0.717, 1.165) is 35.0 Å². The van der Waals surface area contributed by atoms with Crippen LogP contribution in [0.4, 0.5) is 23.1 Å². The molecular weight excluding hydrogens is 849 g/mol. The lowest BCUT2D eigenvalue weighted by Gasteiger charge is -2.42. The van der Waals surface area contributed by atoms with Crippen LogP contribution in [0.2, 0.25) is 0 Å². The van der Waals surface area contributed by atoms with E-state index >= 15 is 0 Å². The van der Waals surface area contributed by atoms with Crippen LogP contribution in [0.3, 0.4) is 0 Å². The molecule has 2 amide bonds. The van der Waals surface area contributed by atoms with Crippen LogP contribution in [0.1, 0.15) is 49.4 Å². The number of nitriles is 1. The number of hydrogen-bond acceptors (Lipinski definition) is 13. The lowest BCUT2D eigenvalue weighted by atomic mass is 9.98. The molecule has 4 aromatic carbocycles. The number of phenolic OH excluding ortho intramolecular Hbond substituents is 2. The molecule has 5 heterocycles. The van der Waals surface area contributed by atoms with E-state index in [1.807, 2.05) is 49.1 Å². The third kappa shape index (κ3) is 8.94. The topological polar surface area (TPSA) is 203 Å². The summed E-state index contributed by atoms with van der Waals surface area (Å²) < 4.78 is 1.39. The molecule has 0 aliphatic carbocycles. The van der Waals surface area contributed by atoms with E-state index in [2.05, 4.69) is 79.3 Å². The van der Waals surface area contributed by atoms with E-state index in [0.29, 0.717) is 88.1 Å². The first kappa shape index (κ1) is 44.3. The van der Waals surface area contributed by atoms with Gasteiger partial charge in [0.1, 0.15) is 17.3 Å².